The van der Waals surface area contributed by atoms with Gasteiger partial charge in [-0.1, -0.05) is 47.1 Å². The zero-order valence-electron chi connectivity index (χ0n) is 22.2. The molecule has 4 unspecified atom stereocenters. The van der Waals surface area contributed by atoms with E-state index in [1.807, 2.05) is 20.8 Å². The number of rotatable bonds is 15. The van der Waals surface area contributed by atoms with Crippen molar-refractivity contribution in [3.05, 3.63) is 23.8 Å². The molecule has 1 aromatic carbocycles. The molecule has 0 saturated heterocycles. The zero-order chi connectivity index (χ0) is 27.4. The number of carboxylic acid groups (broad SMARTS) is 1. The fourth-order valence-electron chi connectivity index (χ4n) is 3.89. The Morgan fingerprint density at radius 2 is 1.44 bits per heavy atom. The van der Waals surface area contributed by atoms with Crippen molar-refractivity contribution in [3.8, 4) is 11.5 Å². The second-order valence-corrected chi connectivity index (χ2v) is 9.23. The van der Waals surface area contributed by atoms with E-state index in [-0.39, 0.29) is 36.2 Å². The number of carbonyl (C=O) groups excluding carboxylic acids is 3. The van der Waals surface area contributed by atoms with E-state index < -0.39 is 41.9 Å². The third kappa shape index (κ3) is 9.26. The molecule has 0 heterocycles. The highest BCUT2D eigenvalue weighted by atomic mass is 16.6. The molecule has 0 spiro atoms. The average molecular weight is 508 g/mol. The summed E-state index contributed by atoms with van der Waals surface area (Å²) < 4.78 is 16.5. The fourth-order valence-corrected chi connectivity index (χ4v) is 3.89. The second-order valence-electron chi connectivity index (χ2n) is 9.23. The largest absolute Gasteiger partial charge is 0.480 e. The summed E-state index contributed by atoms with van der Waals surface area (Å²) in [7, 11) is 0. The Bertz CT molecular complexity index is 900. The maximum absolute atomic E-state index is 12.5. The highest BCUT2D eigenvalue weighted by molar-refractivity contribution is 5.77. The van der Waals surface area contributed by atoms with Gasteiger partial charge in [-0.25, -0.2) is 0 Å². The maximum atomic E-state index is 12.5. The van der Waals surface area contributed by atoms with Gasteiger partial charge in [0.15, 0.2) is 11.5 Å². The monoisotopic (exact) mass is 507 g/mol. The van der Waals surface area contributed by atoms with Gasteiger partial charge in [0, 0.05) is 24.7 Å². The molecular weight excluding hydrogens is 466 g/mol. The SMILES string of the molecule is CCCC(=O)Oc1ccc(C(C(C)C(C)OC(=O)C(C)CCC)[C@H](N)C(=O)O)cc1OC(=O)CCC. The molecule has 0 radical (unpaired) electrons. The lowest BCUT2D eigenvalue weighted by Crippen LogP contribution is -2.43. The van der Waals surface area contributed by atoms with Crippen LogP contribution in [0.25, 0.3) is 0 Å². The van der Waals surface area contributed by atoms with Crippen LogP contribution in [0.5, 0.6) is 11.5 Å². The molecule has 9 heteroatoms. The van der Waals surface area contributed by atoms with E-state index in [1.54, 1.807) is 26.8 Å². The maximum Gasteiger partial charge on any atom is 0.321 e. The Labute approximate surface area is 213 Å². The van der Waals surface area contributed by atoms with E-state index in [9.17, 15) is 24.3 Å². The first kappa shape index (κ1) is 31.1. The Morgan fingerprint density at radius 3 is 1.94 bits per heavy atom. The molecule has 1 aromatic rings. The van der Waals surface area contributed by atoms with E-state index in [1.165, 1.54) is 12.1 Å². The van der Waals surface area contributed by atoms with Gasteiger partial charge in [0.2, 0.25) is 0 Å². The number of carbonyl (C=O) groups is 4. The van der Waals surface area contributed by atoms with Crippen molar-refractivity contribution in [3.63, 3.8) is 0 Å². The average Bonchev–Trinajstić information content (AvgIpc) is 2.80. The summed E-state index contributed by atoms with van der Waals surface area (Å²) in [5.41, 5.74) is 6.55. The summed E-state index contributed by atoms with van der Waals surface area (Å²) >= 11 is 0. The van der Waals surface area contributed by atoms with Crippen LogP contribution in [0.1, 0.15) is 91.5 Å². The van der Waals surface area contributed by atoms with Gasteiger partial charge in [0.25, 0.3) is 0 Å². The number of hydrogen-bond acceptors (Lipinski definition) is 8. The quantitative estimate of drug-likeness (QED) is 0.257. The topological polar surface area (TPSA) is 142 Å². The van der Waals surface area contributed by atoms with Crippen molar-refractivity contribution in [2.24, 2.45) is 17.6 Å². The van der Waals surface area contributed by atoms with Crippen LogP contribution in [-0.2, 0) is 23.9 Å². The van der Waals surface area contributed by atoms with Crippen molar-refractivity contribution in [2.45, 2.75) is 98.1 Å². The van der Waals surface area contributed by atoms with Crippen molar-refractivity contribution in [1.82, 2.24) is 0 Å². The van der Waals surface area contributed by atoms with E-state index in [0.717, 1.165) is 6.42 Å². The third-order valence-corrected chi connectivity index (χ3v) is 6.11. The molecule has 202 valence electrons. The Morgan fingerprint density at radius 1 is 0.889 bits per heavy atom. The number of carboxylic acids is 1. The number of hydrogen-bond donors (Lipinski definition) is 2. The van der Waals surface area contributed by atoms with Crippen molar-refractivity contribution in [1.29, 1.82) is 0 Å². The van der Waals surface area contributed by atoms with Crippen LogP contribution in [0, 0.1) is 11.8 Å². The van der Waals surface area contributed by atoms with E-state index >= 15 is 0 Å². The number of nitrogens with two attached hydrogens (primary N) is 1. The first-order valence-electron chi connectivity index (χ1n) is 12.7. The molecule has 9 nitrogen and oxygen atoms in total. The highest BCUT2D eigenvalue weighted by Crippen LogP contribution is 2.37. The minimum absolute atomic E-state index is 0.00593. The lowest BCUT2D eigenvalue weighted by atomic mass is 9.79. The van der Waals surface area contributed by atoms with Crippen molar-refractivity contribution < 1.29 is 38.5 Å². The predicted octanol–water partition coefficient (Wildman–Crippen LogP) is 4.60. The third-order valence-electron chi connectivity index (χ3n) is 6.11. The predicted molar refractivity (Wildman–Crippen MR) is 135 cm³/mol. The summed E-state index contributed by atoms with van der Waals surface area (Å²) in [6.45, 7) is 10.9. The van der Waals surface area contributed by atoms with Gasteiger partial charge in [0.05, 0.1) is 5.92 Å². The van der Waals surface area contributed by atoms with E-state index in [0.29, 0.717) is 24.8 Å². The first-order valence-corrected chi connectivity index (χ1v) is 12.7. The normalized spacial score (nSPS) is 15.2. The lowest BCUT2D eigenvalue weighted by Gasteiger charge is -2.32. The molecule has 1 rings (SSSR count). The fraction of sp³-hybridized carbons (Fsp3) is 0.630. The smallest absolute Gasteiger partial charge is 0.321 e. The van der Waals surface area contributed by atoms with E-state index in [2.05, 4.69) is 0 Å². The molecule has 0 aromatic heterocycles. The molecule has 0 aliphatic heterocycles. The minimum Gasteiger partial charge on any atom is -0.480 e. The molecule has 0 aliphatic rings. The summed E-state index contributed by atoms with van der Waals surface area (Å²) in [6.07, 6.45) is 2.37. The van der Waals surface area contributed by atoms with Gasteiger partial charge >= 0.3 is 23.9 Å². The van der Waals surface area contributed by atoms with Gasteiger partial charge in [-0.2, -0.15) is 0 Å². The lowest BCUT2D eigenvalue weighted by molar-refractivity contribution is -0.156. The summed E-state index contributed by atoms with van der Waals surface area (Å²) in [4.78, 5) is 48.7. The Kier molecular flexibility index (Phi) is 13.2. The van der Waals surface area contributed by atoms with Crippen LogP contribution in [0.2, 0.25) is 0 Å². The van der Waals surface area contributed by atoms with Gasteiger partial charge in [0.1, 0.15) is 12.1 Å². The molecule has 0 amide bonds. The highest BCUT2D eigenvalue weighted by Gasteiger charge is 2.36. The minimum atomic E-state index is -1.33. The molecule has 0 aliphatic carbocycles. The Hall–Kier alpha value is -2.94. The number of benzene rings is 1. The van der Waals surface area contributed by atoms with Gasteiger partial charge in [-0.05, 0) is 43.9 Å². The van der Waals surface area contributed by atoms with Crippen LogP contribution in [-0.4, -0.2) is 41.1 Å². The Balaban J connectivity index is 3.39. The van der Waals surface area contributed by atoms with Gasteiger partial charge in [-0.3, -0.25) is 19.2 Å². The van der Waals surface area contributed by atoms with Crippen LogP contribution in [0.3, 0.4) is 0 Å². The zero-order valence-corrected chi connectivity index (χ0v) is 22.2. The summed E-state index contributed by atoms with van der Waals surface area (Å²) in [6, 6.07) is 3.19. The number of esters is 3. The number of ether oxygens (including phenoxy) is 3. The molecule has 0 fully saturated rings. The summed E-state index contributed by atoms with van der Waals surface area (Å²) in [5.74, 6) is -4.08. The van der Waals surface area contributed by atoms with Gasteiger partial charge < -0.3 is 25.1 Å². The molecule has 0 bridgehead atoms. The van der Waals surface area contributed by atoms with Gasteiger partial charge in [-0.15, -0.1) is 0 Å². The van der Waals surface area contributed by atoms with E-state index in [4.69, 9.17) is 19.9 Å². The van der Waals surface area contributed by atoms with Crippen molar-refractivity contribution >= 4 is 23.9 Å². The molecule has 36 heavy (non-hydrogen) atoms. The van der Waals surface area contributed by atoms with Crippen LogP contribution in [0.15, 0.2) is 18.2 Å². The molecule has 3 N–H and O–H groups in total. The molecule has 5 atom stereocenters. The van der Waals surface area contributed by atoms with Crippen LogP contribution >= 0.6 is 0 Å². The number of aliphatic carboxylic acids is 1. The van der Waals surface area contributed by atoms with Crippen LogP contribution in [0.4, 0.5) is 0 Å². The van der Waals surface area contributed by atoms with Crippen LogP contribution < -0.4 is 15.2 Å². The first-order chi connectivity index (χ1) is 17.0. The molecule has 0 saturated carbocycles. The molecular formula is C27H41NO8. The van der Waals surface area contributed by atoms with Crippen molar-refractivity contribution in [2.75, 3.05) is 0 Å². The second kappa shape index (κ2) is 15.2. The summed E-state index contributed by atoms with van der Waals surface area (Å²) in [5, 5.41) is 9.71. The standard InChI is InChI=1S/C27H41NO8/c1-7-10-16(4)27(33)34-18(6)17(5)24(25(28)26(31)32)19-13-14-20(35-22(29)11-8-2)21(15-19)36-23(30)12-9-3/h13-18,24-25H,7-12,28H2,1-6H3,(H,31,32)/t16?,17?,18?,24?,25-/m0/s1.